The van der Waals surface area contributed by atoms with Crippen LogP contribution in [-0.2, 0) is 6.54 Å². The Bertz CT molecular complexity index is 357. The fourth-order valence-electron chi connectivity index (χ4n) is 2.31. The van der Waals surface area contributed by atoms with E-state index in [0.717, 1.165) is 43.5 Å². The Labute approximate surface area is 96.4 Å². The van der Waals surface area contributed by atoms with Crippen LogP contribution in [0.15, 0.2) is 16.5 Å². The number of carbonyl (C=O) groups is 1. The Morgan fingerprint density at radius 3 is 2.94 bits per heavy atom. The molecule has 1 fully saturated rings. The smallest absolute Gasteiger partial charge is 0.185 e. The molecule has 1 aromatic rings. The summed E-state index contributed by atoms with van der Waals surface area (Å²) in [7, 11) is 0. The molecule has 3 heteroatoms. The standard InChI is InChI=1S/C13H19NO2/c1-10(2)11-5-6-14(7-11)8-12-3-4-13(9-15)16-12/h3-4,9-11H,5-8H2,1-2H3. The Morgan fingerprint density at radius 2 is 2.38 bits per heavy atom. The molecule has 2 rings (SSSR count). The number of hydrogen-bond acceptors (Lipinski definition) is 3. The predicted octanol–water partition coefficient (Wildman–Crippen LogP) is 2.57. The number of carbonyl (C=O) groups excluding carboxylic acids is 1. The first-order valence-corrected chi connectivity index (χ1v) is 5.95. The highest BCUT2D eigenvalue weighted by atomic mass is 16.3. The quantitative estimate of drug-likeness (QED) is 0.733. The van der Waals surface area contributed by atoms with Gasteiger partial charge in [0, 0.05) is 6.54 Å². The van der Waals surface area contributed by atoms with E-state index >= 15 is 0 Å². The van der Waals surface area contributed by atoms with E-state index < -0.39 is 0 Å². The average molecular weight is 221 g/mol. The van der Waals surface area contributed by atoms with E-state index in [1.54, 1.807) is 6.07 Å². The average Bonchev–Trinajstić information content (AvgIpc) is 2.87. The van der Waals surface area contributed by atoms with Gasteiger partial charge in [-0.15, -0.1) is 0 Å². The maximum absolute atomic E-state index is 10.5. The highest BCUT2D eigenvalue weighted by Crippen LogP contribution is 2.25. The lowest BCUT2D eigenvalue weighted by molar-refractivity contribution is 0.109. The van der Waals surface area contributed by atoms with E-state index in [9.17, 15) is 4.79 Å². The van der Waals surface area contributed by atoms with E-state index in [2.05, 4.69) is 18.7 Å². The molecular formula is C13H19NO2. The maximum Gasteiger partial charge on any atom is 0.185 e. The summed E-state index contributed by atoms with van der Waals surface area (Å²) in [6, 6.07) is 3.63. The summed E-state index contributed by atoms with van der Waals surface area (Å²) in [5.41, 5.74) is 0. The van der Waals surface area contributed by atoms with Gasteiger partial charge in [-0.3, -0.25) is 9.69 Å². The molecule has 1 aliphatic rings. The molecule has 16 heavy (non-hydrogen) atoms. The molecule has 2 heterocycles. The van der Waals surface area contributed by atoms with Crippen molar-refractivity contribution in [3.63, 3.8) is 0 Å². The number of aldehydes is 1. The molecule has 3 nitrogen and oxygen atoms in total. The van der Waals surface area contributed by atoms with E-state index in [-0.39, 0.29) is 0 Å². The Balaban J connectivity index is 1.89. The number of rotatable bonds is 4. The number of likely N-dealkylation sites (tertiary alicyclic amines) is 1. The third kappa shape index (κ3) is 2.53. The summed E-state index contributed by atoms with van der Waals surface area (Å²) in [5, 5.41) is 0. The van der Waals surface area contributed by atoms with Crippen LogP contribution in [0.25, 0.3) is 0 Å². The van der Waals surface area contributed by atoms with Crippen molar-refractivity contribution in [3.8, 4) is 0 Å². The molecule has 0 saturated carbocycles. The minimum Gasteiger partial charge on any atom is -0.457 e. The van der Waals surface area contributed by atoms with Crippen molar-refractivity contribution in [2.24, 2.45) is 11.8 Å². The van der Waals surface area contributed by atoms with E-state index in [1.807, 2.05) is 6.07 Å². The molecule has 0 N–H and O–H groups in total. The second-order valence-corrected chi connectivity index (χ2v) is 4.95. The molecule has 1 saturated heterocycles. The van der Waals surface area contributed by atoms with E-state index in [1.165, 1.54) is 6.42 Å². The normalized spacial score (nSPS) is 21.8. The van der Waals surface area contributed by atoms with Gasteiger partial charge in [0.1, 0.15) is 5.76 Å². The molecule has 0 aromatic carbocycles. The summed E-state index contributed by atoms with van der Waals surface area (Å²) >= 11 is 0. The highest BCUT2D eigenvalue weighted by Gasteiger charge is 2.25. The van der Waals surface area contributed by atoms with Crippen molar-refractivity contribution in [3.05, 3.63) is 23.7 Å². The van der Waals surface area contributed by atoms with Crippen molar-refractivity contribution in [1.82, 2.24) is 4.90 Å². The molecule has 0 bridgehead atoms. The summed E-state index contributed by atoms with van der Waals surface area (Å²) < 4.78 is 5.38. The first-order valence-electron chi connectivity index (χ1n) is 5.95. The number of furan rings is 1. The zero-order valence-corrected chi connectivity index (χ0v) is 9.98. The van der Waals surface area contributed by atoms with Gasteiger partial charge in [-0.1, -0.05) is 13.8 Å². The van der Waals surface area contributed by atoms with Crippen LogP contribution in [0.1, 0.15) is 36.6 Å². The lowest BCUT2D eigenvalue weighted by Gasteiger charge is -2.16. The van der Waals surface area contributed by atoms with Crippen LogP contribution < -0.4 is 0 Å². The lowest BCUT2D eigenvalue weighted by Crippen LogP contribution is -2.21. The van der Waals surface area contributed by atoms with Crippen LogP contribution >= 0.6 is 0 Å². The van der Waals surface area contributed by atoms with Gasteiger partial charge in [0.15, 0.2) is 12.0 Å². The molecule has 1 aliphatic heterocycles. The van der Waals surface area contributed by atoms with Crippen molar-refractivity contribution >= 4 is 6.29 Å². The van der Waals surface area contributed by atoms with Crippen molar-refractivity contribution in [1.29, 1.82) is 0 Å². The van der Waals surface area contributed by atoms with Gasteiger partial charge in [-0.2, -0.15) is 0 Å². The van der Waals surface area contributed by atoms with Crippen LogP contribution in [0, 0.1) is 11.8 Å². The molecule has 0 amide bonds. The highest BCUT2D eigenvalue weighted by molar-refractivity contribution is 5.70. The number of nitrogens with zero attached hydrogens (tertiary/aromatic N) is 1. The molecule has 88 valence electrons. The molecule has 0 radical (unpaired) electrons. The molecule has 1 unspecified atom stereocenters. The fourth-order valence-corrected chi connectivity index (χ4v) is 2.31. The van der Waals surface area contributed by atoms with Crippen molar-refractivity contribution in [2.75, 3.05) is 13.1 Å². The van der Waals surface area contributed by atoms with Crippen molar-refractivity contribution in [2.45, 2.75) is 26.8 Å². The van der Waals surface area contributed by atoms with Gasteiger partial charge < -0.3 is 4.42 Å². The number of hydrogen-bond donors (Lipinski definition) is 0. The molecule has 0 spiro atoms. The fraction of sp³-hybridized carbons (Fsp3) is 0.615. The second-order valence-electron chi connectivity index (χ2n) is 4.95. The first kappa shape index (κ1) is 11.4. The van der Waals surface area contributed by atoms with Gasteiger partial charge in [0.2, 0.25) is 0 Å². The van der Waals surface area contributed by atoms with Gasteiger partial charge in [-0.25, -0.2) is 0 Å². The van der Waals surface area contributed by atoms with Crippen LogP contribution in [0.3, 0.4) is 0 Å². The largest absolute Gasteiger partial charge is 0.457 e. The summed E-state index contributed by atoms with van der Waals surface area (Å²) in [4.78, 5) is 12.9. The Morgan fingerprint density at radius 1 is 1.56 bits per heavy atom. The van der Waals surface area contributed by atoms with Crippen LogP contribution in [-0.4, -0.2) is 24.3 Å². The summed E-state index contributed by atoms with van der Waals surface area (Å²) in [5.74, 6) is 2.88. The van der Waals surface area contributed by atoms with Crippen LogP contribution in [0.5, 0.6) is 0 Å². The minimum atomic E-state index is 0.426. The third-order valence-corrected chi connectivity index (χ3v) is 3.43. The van der Waals surface area contributed by atoms with Crippen LogP contribution in [0.4, 0.5) is 0 Å². The summed E-state index contributed by atoms with van der Waals surface area (Å²) in [6.45, 7) is 7.68. The second kappa shape index (κ2) is 4.83. The summed E-state index contributed by atoms with van der Waals surface area (Å²) in [6.07, 6.45) is 2.03. The topological polar surface area (TPSA) is 33.5 Å². The van der Waals surface area contributed by atoms with E-state index in [0.29, 0.717) is 5.76 Å². The van der Waals surface area contributed by atoms with Gasteiger partial charge in [-0.05, 0) is 36.9 Å². The monoisotopic (exact) mass is 221 g/mol. The van der Waals surface area contributed by atoms with Gasteiger partial charge >= 0.3 is 0 Å². The zero-order chi connectivity index (χ0) is 11.5. The van der Waals surface area contributed by atoms with Crippen LogP contribution in [0.2, 0.25) is 0 Å². The van der Waals surface area contributed by atoms with Gasteiger partial charge in [0.05, 0.1) is 6.54 Å². The predicted molar refractivity (Wildman–Crippen MR) is 62.3 cm³/mol. The minimum absolute atomic E-state index is 0.426. The molecule has 1 atom stereocenters. The van der Waals surface area contributed by atoms with E-state index in [4.69, 9.17) is 4.42 Å². The third-order valence-electron chi connectivity index (χ3n) is 3.43. The molecule has 1 aromatic heterocycles. The Hall–Kier alpha value is -1.09. The molecular weight excluding hydrogens is 202 g/mol. The zero-order valence-electron chi connectivity index (χ0n) is 9.98. The maximum atomic E-state index is 10.5. The van der Waals surface area contributed by atoms with Crippen molar-refractivity contribution < 1.29 is 9.21 Å². The Kier molecular flexibility index (Phi) is 3.44. The SMILES string of the molecule is CC(C)C1CCN(Cc2ccc(C=O)o2)C1. The lowest BCUT2D eigenvalue weighted by atomic mass is 9.95. The van der Waals surface area contributed by atoms with Gasteiger partial charge in [0.25, 0.3) is 0 Å². The first-order chi connectivity index (χ1) is 7.69. The molecule has 0 aliphatic carbocycles.